The molecule has 0 aromatic heterocycles. The van der Waals surface area contributed by atoms with E-state index in [1.165, 1.54) is 6.92 Å². The Kier molecular flexibility index (Phi) is 21.7. The quantitative estimate of drug-likeness (QED) is 0.197. The summed E-state index contributed by atoms with van der Waals surface area (Å²) < 4.78 is 13.9. The number of aliphatic hydroxyl groups excluding tert-OH is 4. The van der Waals surface area contributed by atoms with Crippen molar-refractivity contribution in [2.24, 2.45) is 0 Å². The minimum absolute atomic E-state index is 0.0324. The number of rotatable bonds is 11. The van der Waals surface area contributed by atoms with E-state index in [2.05, 4.69) is 29.2 Å². The normalized spacial score (nSPS) is 12.3. The molecule has 32 heavy (non-hydrogen) atoms. The van der Waals surface area contributed by atoms with Gasteiger partial charge in [0, 0.05) is 29.7 Å². The molecule has 0 aliphatic carbocycles. The highest BCUT2D eigenvalue weighted by atomic mass is 16.6. The fraction of sp³-hybridized carbons (Fsp3) is 0.591. The van der Waals surface area contributed by atoms with Gasteiger partial charge in [-0.1, -0.05) is 19.7 Å². The average Bonchev–Trinajstić information content (AvgIpc) is 2.70. The second kappa shape index (κ2) is 20.4. The van der Waals surface area contributed by atoms with E-state index in [-0.39, 0.29) is 31.5 Å². The molecule has 10 heteroatoms. The van der Waals surface area contributed by atoms with Gasteiger partial charge in [0.2, 0.25) is 0 Å². The van der Waals surface area contributed by atoms with Crippen LogP contribution in [0.2, 0.25) is 0 Å². The maximum atomic E-state index is 10.8. The van der Waals surface area contributed by atoms with Crippen LogP contribution in [-0.2, 0) is 28.6 Å². The van der Waals surface area contributed by atoms with Crippen molar-refractivity contribution in [3.63, 3.8) is 0 Å². The molecule has 0 saturated heterocycles. The lowest BCUT2D eigenvalue weighted by atomic mass is 10.3. The summed E-state index contributed by atoms with van der Waals surface area (Å²) in [6.07, 6.45) is -1.37. The third kappa shape index (κ3) is 23.7. The highest BCUT2D eigenvalue weighted by molar-refractivity contribution is 5.87. The molecule has 4 N–H and O–H groups in total. The Morgan fingerprint density at radius 1 is 0.781 bits per heavy atom. The molecular formula is C22H38O10. The van der Waals surface area contributed by atoms with Gasteiger partial charge in [-0.3, -0.25) is 0 Å². The predicted molar refractivity (Wildman–Crippen MR) is 118 cm³/mol. The highest BCUT2D eigenvalue weighted by Crippen LogP contribution is 2.00. The van der Waals surface area contributed by atoms with Crippen molar-refractivity contribution in [2.75, 3.05) is 26.4 Å². The van der Waals surface area contributed by atoms with Gasteiger partial charge in [0.15, 0.2) is 0 Å². The molecule has 0 aromatic carbocycles. The Balaban J connectivity index is -0.000000395. The topological polar surface area (TPSA) is 160 Å². The van der Waals surface area contributed by atoms with Crippen molar-refractivity contribution in [1.82, 2.24) is 0 Å². The van der Waals surface area contributed by atoms with E-state index >= 15 is 0 Å². The van der Waals surface area contributed by atoms with Crippen molar-refractivity contribution in [2.45, 2.75) is 59.4 Å². The molecular weight excluding hydrogens is 424 g/mol. The van der Waals surface area contributed by atoms with Crippen LogP contribution < -0.4 is 0 Å². The Morgan fingerprint density at radius 3 is 1.50 bits per heavy atom. The molecule has 0 aliphatic heterocycles. The van der Waals surface area contributed by atoms with Crippen LogP contribution in [0.5, 0.6) is 0 Å². The first-order valence-corrected chi connectivity index (χ1v) is 9.79. The second-order valence-corrected chi connectivity index (χ2v) is 6.95. The lowest BCUT2D eigenvalue weighted by molar-refractivity contribution is -0.144. The zero-order valence-corrected chi connectivity index (χ0v) is 19.6. The van der Waals surface area contributed by atoms with Gasteiger partial charge in [0.05, 0.1) is 12.7 Å². The lowest BCUT2D eigenvalue weighted by Crippen LogP contribution is -2.22. The van der Waals surface area contributed by atoms with Gasteiger partial charge in [-0.15, -0.1) is 0 Å². The highest BCUT2D eigenvalue weighted by Gasteiger charge is 2.09. The van der Waals surface area contributed by atoms with Crippen LogP contribution in [0.1, 0.15) is 41.0 Å². The molecule has 0 aromatic rings. The molecule has 10 nitrogen and oxygen atoms in total. The first-order chi connectivity index (χ1) is 14.7. The molecule has 0 amide bonds. The summed E-state index contributed by atoms with van der Waals surface area (Å²) in [6, 6.07) is 0. The number of hydrogen-bond acceptors (Lipinski definition) is 10. The molecule has 0 bridgehead atoms. The van der Waals surface area contributed by atoms with Crippen molar-refractivity contribution in [3.8, 4) is 0 Å². The smallest absolute Gasteiger partial charge is 0.333 e. The van der Waals surface area contributed by atoms with E-state index in [9.17, 15) is 14.4 Å². The van der Waals surface area contributed by atoms with E-state index < -0.39 is 36.7 Å². The largest absolute Gasteiger partial charge is 0.460 e. The third-order valence-electron chi connectivity index (χ3n) is 2.96. The summed E-state index contributed by atoms with van der Waals surface area (Å²) in [5.74, 6) is -1.41. The fourth-order valence-electron chi connectivity index (χ4n) is 1.19. The van der Waals surface area contributed by atoms with Crippen LogP contribution in [0.3, 0.4) is 0 Å². The maximum Gasteiger partial charge on any atom is 0.333 e. The number of carbonyl (C=O) groups is 3. The minimum atomic E-state index is -1.00. The Hall–Kier alpha value is -2.53. The summed E-state index contributed by atoms with van der Waals surface area (Å²) in [7, 11) is 0. The molecule has 186 valence electrons. The average molecular weight is 463 g/mol. The molecule has 0 fully saturated rings. The van der Waals surface area contributed by atoms with Crippen molar-refractivity contribution in [3.05, 3.63) is 36.5 Å². The Morgan fingerprint density at radius 2 is 1.19 bits per heavy atom. The van der Waals surface area contributed by atoms with Crippen LogP contribution in [-0.4, -0.2) is 83.1 Å². The van der Waals surface area contributed by atoms with Gasteiger partial charge in [-0.05, 0) is 34.6 Å². The number of ether oxygens (including phenoxy) is 3. The van der Waals surface area contributed by atoms with Gasteiger partial charge in [-0.25, -0.2) is 14.4 Å². The monoisotopic (exact) mass is 462 g/mol. The predicted octanol–water partition coefficient (Wildman–Crippen LogP) is 0.822. The van der Waals surface area contributed by atoms with Crippen molar-refractivity contribution >= 4 is 17.9 Å². The molecule has 0 heterocycles. The standard InChI is InChI=1S/C8H14O3.C7H12O4.C7H12O3/c1-6(2)8(10)11-7(3)4-5-9;1-5(2)7(10)11-4-6(9)3-8;1-5(2)7(9)10-4-6(3)8/h7,9H,1,4-5H2,2-3H3;6,8-9H,1,3-4H2,2H3;6,8H,1,4H2,2-3H3. The minimum Gasteiger partial charge on any atom is -0.460 e. The number of carbonyl (C=O) groups excluding carboxylic acids is 3. The van der Waals surface area contributed by atoms with E-state index in [4.69, 9.17) is 25.2 Å². The van der Waals surface area contributed by atoms with E-state index in [1.54, 1.807) is 27.7 Å². The molecule has 0 rings (SSSR count). The third-order valence-corrected chi connectivity index (χ3v) is 2.96. The first kappa shape index (κ1) is 34.1. The summed E-state index contributed by atoms with van der Waals surface area (Å²) in [6.45, 7) is 17.5. The fourth-order valence-corrected chi connectivity index (χ4v) is 1.19. The summed E-state index contributed by atoms with van der Waals surface area (Å²) in [5, 5.41) is 34.2. The van der Waals surface area contributed by atoms with Crippen LogP contribution in [0.25, 0.3) is 0 Å². The lowest BCUT2D eigenvalue weighted by Gasteiger charge is -2.10. The van der Waals surface area contributed by atoms with Gasteiger partial charge < -0.3 is 34.6 Å². The Labute approximate surface area is 189 Å². The molecule has 0 spiro atoms. The van der Waals surface area contributed by atoms with Gasteiger partial charge in [0.1, 0.15) is 25.4 Å². The van der Waals surface area contributed by atoms with Crippen molar-refractivity contribution < 1.29 is 49.0 Å². The van der Waals surface area contributed by atoms with Crippen LogP contribution >= 0.6 is 0 Å². The number of aliphatic hydroxyl groups is 4. The van der Waals surface area contributed by atoms with Crippen LogP contribution in [0, 0.1) is 0 Å². The molecule has 0 aliphatic rings. The van der Waals surface area contributed by atoms with E-state index in [1.807, 2.05) is 0 Å². The summed E-state index contributed by atoms with van der Waals surface area (Å²) in [5.41, 5.74) is 1.01. The van der Waals surface area contributed by atoms with E-state index in [0.717, 1.165) is 0 Å². The van der Waals surface area contributed by atoms with Crippen molar-refractivity contribution in [1.29, 1.82) is 0 Å². The van der Waals surface area contributed by atoms with Crippen LogP contribution in [0.15, 0.2) is 36.5 Å². The Bertz CT molecular complexity index is 610. The van der Waals surface area contributed by atoms with Gasteiger partial charge >= 0.3 is 17.9 Å². The van der Waals surface area contributed by atoms with Gasteiger partial charge in [-0.2, -0.15) is 0 Å². The number of esters is 3. The molecule has 0 saturated carbocycles. The SMILES string of the molecule is C=C(C)C(=O)OC(C)CCO.C=C(C)C(=O)OCC(C)O.C=C(C)C(=O)OCC(O)CO. The zero-order valence-electron chi connectivity index (χ0n) is 19.6. The number of hydrogen-bond donors (Lipinski definition) is 4. The molecule has 3 atom stereocenters. The molecule has 0 radical (unpaired) electrons. The molecule has 3 unspecified atom stereocenters. The second-order valence-electron chi connectivity index (χ2n) is 6.95. The first-order valence-electron chi connectivity index (χ1n) is 9.79. The van der Waals surface area contributed by atoms with E-state index in [0.29, 0.717) is 17.6 Å². The van der Waals surface area contributed by atoms with Gasteiger partial charge in [0.25, 0.3) is 0 Å². The van der Waals surface area contributed by atoms with Crippen LogP contribution in [0.4, 0.5) is 0 Å². The summed E-state index contributed by atoms with van der Waals surface area (Å²) in [4.78, 5) is 32.1. The maximum absolute atomic E-state index is 10.8. The zero-order chi connectivity index (χ0) is 25.9. The summed E-state index contributed by atoms with van der Waals surface area (Å²) >= 11 is 0.